The lowest BCUT2D eigenvalue weighted by molar-refractivity contribution is -0.124. The number of amides is 1. The van der Waals surface area contributed by atoms with Gasteiger partial charge in [-0.15, -0.1) is 0 Å². The summed E-state index contributed by atoms with van der Waals surface area (Å²) in [6, 6.07) is 12.3. The molecule has 0 N–H and O–H groups in total. The van der Waals surface area contributed by atoms with Crippen LogP contribution in [0.15, 0.2) is 52.4 Å². The number of aliphatic imine (C=N–C) groups is 1. The van der Waals surface area contributed by atoms with Crippen molar-refractivity contribution in [3.8, 4) is 5.75 Å². The Balaban J connectivity index is 1.72. The van der Waals surface area contributed by atoms with Crippen LogP contribution in [0, 0.1) is 12.7 Å². The highest BCUT2D eigenvalue weighted by Crippen LogP contribution is 2.39. The van der Waals surface area contributed by atoms with Gasteiger partial charge in [-0.05, 0) is 73.0 Å². The second kappa shape index (κ2) is 9.04. The Hall–Kier alpha value is -2.60. The molecular weight excluding hydrogens is 399 g/mol. The average molecular weight is 425 g/mol. The van der Waals surface area contributed by atoms with E-state index < -0.39 is 0 Å². The fraction of sp³-hybridized carbons (Fsp3) is 0.333. The summed E-state index contributed by atoms with van der Waals surface area (Å²) in [4.78, 5) is 20.3. The highest BCUT2D eigenvalue weighted by molar-refractivity contribution is 8.18. The number of para-hydroxylation sites is 1. The molecule has 156 valence electrons. The minimum absolute atomic E-state index is 0.0443. The van der Waals surface area contributed by atoms with Crippen molar-refractivity contribution >= 4 is 34.6 Å². The van der Waals surface area contributed by atoms with Crippen molar-refractivity contribution in [2.75, 3.05) is 7.11 Å². The molecule has 0 aromatic heterocycles. The highest BCUT2D eigenvalue weighted by atomic mass is 32.2. The largest absolute Gasteiger partial charge is 0.497 e. The van der Waals surface area contributed by atoms with Gasteiger partial charge < -0.3 is 4.74 Å². The molecule has 1 aliphatic carbocycles. The molecule has 1 aliphatic heterocycles. The molecule has 6 heteroatoms. The first-order valence-corrected chi connectivity index (χ1v) is 11.1. The van der Waals surface area contributed by atoms with Gasteiger partial charge >= 0.3 is 0 Å². The molecule has 2 aromatic carbocycles. The molecule has 1 heterocycles. The van der Waals surface area contributed by atoms with Crippen LogP contribution in [-0.4, -0.2) is 29.1 Å². The smallest absolute Gasteiger partial charge is 0.267 e. The number of ether oxygens (including phenoxy) is 1. The number of amidine groups is 1. The van der Waals surface area contributed by atoms with E-state index in [2.05, 4.69) is 4.99 Å². The highest BCUT2D eigenvalue weighted by Gasteiger charge is 2.38. The van der Waals surface area contributed by atoms with Crippen LogP contribution in [0.1, 0.15) is 43.2 Å². The van der Waals surface area contributed by atoms with E-state index in [0.29, 0.717) is 10.1 Å². The molecule has 0 bridgehead atoms. The summed E-state index contributed by atoms with van der Waals surface area (Å²) in [6.45, 7) is 1.99. The summed E-state index contributed by atoms with van der Waals surface area (Å²) in [5.74, 6) is 0.355. The number of carbonyl (C=O) groups excluding carboxylic acids is 1. The topological polar surface area (TPSA) is 41.9 Å². The third kappa shape index (κ3) is 4.29. The lowest BCUT2D eigenvalue weighted by Gasteiger charge is -2.30. The third-order valence-corrected chi connectivity index (χ3v) is 6.59. The van der Waals surface area contributed by atoms with Crippen molar-refractivity contribution in [1.29, 1.82) is 0 Å². The van der Waals surface area contributed by atoms with Crippen molar-refractivity contribution in [2.45, 2.75) is 45.1 Å². The van der Waals surface area contributed by atoms with Crippen LogP contribution in [0.3, 0.4) is 0 Å². The van der Waals surface area contributed by atoms with E-state index in [1.807, 2.05) is 31.2 Å². The Bertz CT molecular complexity index is 1010. The minimum Gasteiger partial charge on any atom is -0.497 e. The summed E-state index contributed by atoms with van der Waals surface area (Å²) >= 11 is 1.33. The molecule has 0 unspecified atom stereocenters. The summed E-state index contributed by atoms with van der Waals surface area (Å²) in [5, 5.41) is 0.564. The number of thioether (sulfide) groups is 1. The van der Waals surface area contributed by atoms with Crippen molar-refractivity contribution in [3.63, 3.8) is 0 Å². The zero-order chi connectivity index (χ0) is 21.1. The van der Waals surface area contributed by atoms with Gasteiger partial charge in [-0.2, -0.15) is 0 Å². The number of carbonyl (C=O) groups is 1. The van der Waals surface area contributed by atoms with E-state index in [1.54, 1.807) is 30.2 Å². The predicted molar refractivity (Wildman–Crippen MR) is 121 cm³/mol. The van der Waals surface area contributed by atoms with Gasteiger partial charge in [-0.25, -0.2) is 9.38 Å². The maximum absolute atomic E-state index is 14.2. The molecule has 2 aromatic rings. The number of methoxy groups -OCH3 is 1. The maximum atomic E-state index is 14.2. The van der Waals surface area contributed by atoms with E-state index in [9.17, 15) is 9.18 Å². The third-order valence-electron chi connectivity index (χ3n) is 5.61. The molecule has 0 radical (unpaired) electrons. The Labute approximate surface area is 180 Å². The van der Waals surface area contributed by atoms with Crippen molar-refractivity contribution < 1.29 is 13.9 Å². The lowest BCUT2D eigenvalue weighted by Crippen LogP contribution is -2.40. The van der Waals surface area contributed by atoms with Gasteiger partial charge in [0.15, 0.2) is 5.17 Å². The normalized spacial score (nSPS) is 20.4. The van der Waals surface area contributed by atoms with Crippen molar-refractivity contribution in [2.24, 2.45) is 4.99 Å². The number of hydrogen-bond donors (Lipinski definition) is 0. The molecule has 1 saturated heterocycles. The molecule has 1 saturated carbocycles. The zero-order valence-electron chi connectivity index (χ0n) is 17.2. The minimum atomic E-state index is -0.384. The molecule has 1 amide bonds. The van der Waals surface area contributed by atoms with Crippen LogP contribution < -0.4 is 4.74 Å². The fourth-order valence-corrected chi connectivity index (χ4v) is 4.99. The number of nitrogens with zero attached hydrogens (tertiary/aromatic N) is 2. The molecule has 2 fully saturated rings. The van der Waals surface area contributed by atoms with Crippen LogP contribution in [0.2, 0.25) is 0 Å². The average Bonchev–Trinajstić information content (AvgIpc) is 3.06. The Morgan fingerprint density at radius 2 is 1.93 bits per heavy atom. The summed E-state index contributed by atoms with van der Waals surface area (Å²) in [7, 11) is 1.64. The van der Waals surface area contributed by atoms with Crippen LogP contribution in [0.5, 0.6) is 5.75 Å². The summed E-state index contributed by atoms with van der Waals surface area (Å²) in [5.41, 5.74) is 2.25. The van der Waals surface area contributed by atoms with Gasteiger partial charge in [0.25, 0.3) is 5.91 Å². The van der Waals surface area contributed by atoms with Gasteiger partial charge in [-0.1, -0.05) is 37.5 Å². The molecule has 0 spiro atoms. The molecule has 0 atom stereocenters. The number of aryl methyl sites for hydroxylation is 1. The van der Waals surface area contributed by atoms with Crippen LogP contribution >= 0.6 is 11.8 Å². The first-order chi connectivity index (χ1) is 14.6. The van der Waals surface area contributed by atoms with Gasteiger partial charge in [0.05, 0.1) is 12.0 Å². The van der Waals surface area contributed by atoms with E-state index in [0.717, 1.165) is 42.6 Å². The second-order valence-corrected chi connectivity index (χ2v) is 8.66. The maximum Gasteiger partial charge on any atom is 0.267 e. The first-order valence-electron chi connectivity index (χ1n) is 10.3. The molecule has 30 heavy (non-hydrogen) atoms. The van der Waals surface area contributed by atoms with Gasteiger partial charge in [0, 0.05) is 6.04 Å². The fourth-order valence-electron chi connectivity index (χ4n) is 3.95. The van der Waals surface area contributed by atoms with E-state index >= 15 is 0 Å². The molecule has 4 rings (SSSR count). The van der Waals surface area contributed by atoms with E-state index in [1.165, 1.54) is 24.2 Å². The number of rotatable bonds is 4. The van der Waals surface area contributed by atoms with Crippen LogP contribution in [0.25, 0.3) is 6.08 Å². The summed E-state index contributed by atoms with van der Waals surface area (Å²) < 4.78 is 19.5. The molecule has 4 nitrogen and oxygen atoms in total. The van der Waals surface area contributed by atoms with Crippen LogP contribution in [0.4, 0.5) is 10.1 Å². The summed E-state index contributed by atoms with van der Waals surface area (Å²) in [6.07, 6.45) is 7.21. The number of benzene rings is 2. The molecule has 2 aliphatic rings. The quantitative estimate of drug-likeness (QED) is 0.559. The van der Waals surface area contributed by atoms with Gasteiger partial charge in [0.1, 0.15) is 17.3 Å². The van der Waals surface area contributed by atoms with Gasteiger partial charge in [0.2, 0.25) is 0 Å². The van der Waals surface area contributed by atoms with E-state index in [-0.39, 0.29) is 23.5 Å². The lowest BCUT2D eigenvalue weighted by atomic mass is 9.94. The van der Waals surface area contributed by atoms with Crippen molar-refractivity contribution in [3.05, 3.63) is 64.3 Å². The Morgan fingerprint density at radius 1 is 1.17 bits per heavy atom. The number of hydrogen-bond acceptors (Lipinski definition) is 4. The van der Waals surface area contributed by atoms with Crippen molar-refractivity contribution in [1.82, 2.24) is 4.90 Å². The standard InChI is InChI=1S/C24H25FN2O2S/c1-16-14-19(29-2)13-12-17(16)15-22-23(28)27(18-8-4-3-5-9-18)24(30-22)26-21-11-7-6-10-20(21)25/h6-7,10-15,18H,3-5,8-9H2,1-2H3/b22-15-,26-24?. The number of halogens is 1. The Kier molecular flexibility index (Phi) is 6.23. The van der Waals surface area contributed by atoms with Gasteiger partial charge in [-0.3, -0.25) is 9.69 Å². The SMILES string of the molecule is COc1ccc(/C=C2\SC(=Nc3ccccc3F)N(C3CCCCC3)C2=O)c(C)c1. The monoisotopic (exact) mass is 424 g/mol. The van der Waals surface area contributed by atoms with Crippen LogP contribution in [-0.2, 0) is 4.79 Å². The Morgan fingerprint density at radius 3 is 2.63 bits per heavy atom. The predicted octanol–water partition coefficient (Wildman–Crippen LogP) is 6.08. The zero-order valence-corrected chi connectivity index (χ0v) is 18.0. The first kappa shape index (κ1) is 20.7. The second-order valence-electron chi connectivity index (χ2n) is 7.65. The van der Waals surface area contributed by atoms with E-state index in [4.69, 9.17) is 4.74 Å². The molecular formula is C24H25FN2O2S.